The second kappa shape index (κ2) is 6.27. The Hall–Kier alpha value is -2.36. The summed E-state index contributed by atoms with van der Waals surface area (Å²) in [4.78, 5) is 12.2. The van der Waals surface area contributed by atoms with Crippen LogP contribution in [-0.4, -0.2) is 48.9 Å². The maximum atomic E-state index is 12.2. The molecule has 0 saturated heterocycles. The van der Waals surface area contributed by atoms with Gasteiger partial charge in [0.1, 0.15) is 0 Å². The van der Waals surface area contributed by atoms with Crippen LogP contribution in [0.1, 0.15) is 29.2 Å². The average Bonchev–Trinajstić information content (AvgIpc) is 3.14. The minimum Gasteiger partial charge on any atom is -0.391 e. The van der Waals surface area contributed by atoms with Crippen molar-refractivity contribution < 1.29 is 23.1 Å². The molecular weight excluding hydrogens is 327 g/mol. The molecule has 0 aliphatic heterocycles. The number of nitrogens with one attached hydrogen (secondary N) is 1. The summed E-state index contributed by atoms with van der Waals surface area (Å²) in [6.07, 6.45) is 0.279. The first-order chi connectivity index (χ1) is 11.3. The zero-order chi connectivity index (χ0) is 17.3. The van der Waals surface area contributed by atoms with E-state index < -0.39 is 24.6 Å². The second-order valence-electron chi connectivity index (χ2n) is 5.72. The normalized spacial score (nSPS) is 23.8. The maximum absolute atomic E-state index is 12.2. The number of aliphatic hydroxyl groups is 1. The van der Waals surface area contributed by atoms with Gasteiger partial charge in [-0.15, -0.1) is 0 Å². The summed E-state index contributed by atoms with van der Waals surface area (Å²) in [6, 6.07) is 1.06. The topological polar surface area (TPSA) is 85.0 Å². The number of aromatic nitrogens is 4. The minimum atomic E-state index is -4.27. The molecule has 10 heteroatoms. The van der Waals surface area contributed by atoms with Gasteiger partial charge in [-0.1, -0.05) is 0 Å². The van der Waals surface area contributed by atoms with E-state index in [0.717, 1.165) is 4.68 Å². The minimum absolute atomic E-state index is 0.178. The van der Waals surface area contributed by atoms with E-state index in [4.69, 9.17) is 0 Å². The lowest BCUT2D eigenvalue weighted by Gasteiger charge is -2.41. The molecule has 0 aromatic carbocycles. The van der Waals surface area contributed by atoms with Crippen LogP contribution >= 0.6 is 0 Å². The third-order valence-corrected chi connectivity index (χ3v) is 3.97. The van der Waals surface area contributed by atoms with Crippen molar-refractivity contribution >= 4 is 5.91 Å². The van der Waals surface area contributed by atoms with Crippen LogP contribution < -0.4 is 5.32 Å². The number of alkyl halides is 3. The Morgan fingerprint density at radius 2 is 2.21 bits per heavy atom. The highest BCUT2D eigenvalue weighted by Crippen LogP contribution is 2.32. The van der Waals surface area contributed by atoms with Crippen LogP contribution in [0.15, 0.2) is 30.9 Å². The lowest BCUT2D eigenvalue weighted by Crippen LogP contribution is -2.56. The van der Waals surface area contributed by atoms with Crippen molar-refractivity contribution in [1.82, 2.24) is 24.9 Å². The summed E-state index contributed by atoms with van der Waals surface area (Å²) in [5.74, 6) is -0.442. The van der Waals surface area contributed by atoms with Gasteiger partial charge in [0.05, 0.1) is 36.4 Å². The Labute approximate surface area is 135 Å². The molecule has 0 unspecified atom stereocenters. The van der Waals surface area contributed by atoms with Crippen LogP contribution in [-0.2, 0) is 6.54 Å². The summed E-state index contributed by atoms with van der Waals surface area (Å²) in [5.41, 5.74) is 0.178. The average molecular weight is 343 g/mol. The quantitative estimate of drug-likeness (QED) is 0.852. The molecule has 0 spiro atoms. The first kappa shape index (κ1) is 16.5. The van der Waals surface area contributed by atoms with Crippen LogP contribution in [0, 0.1) is 0 Å². The molecule has 130 valence electrons. The van der Waals surface area contributed by atoms with E-state index in [1.165, 1.54) is 12.4 Å². The van der Waals surface area contributed by atoms with E-state index in [1.54, 1.807) is 23.1 Å². The van der Waals surface area contributed by atoms with Gasteiger partial charge in [-0.2, -0.15) is 23.4 Å². The molecular formula is C14H16F3N5O2. The predicted molar refractivity (Wildman–Crippen MR) is 76.0 cm³/mol. The van der Waals surface area contributed by atoms with E-state index in [9.17, 15) is 23.1 Å². The first-order valence-corrected chi connectivity index (χ1v) is 7.41. The Balaban J connectivity index is 1.58. The van der Waals surface area contributed by atoms with E-state index >= 15 is 0 Å². The highest BCUT2D eigenvalue weighted by atomic mass is 19.4. The SMILES string of the molecule is O=C(N[C@H]1C[C@@H](O)[C@@H]1n1cccn1)c1cnn(CCC(F)(F)F)c1. The molecule has 1 aliphatic rings. The maximum Gasteiger partial charge on any atom is 0.390 e. The zero-order valence-corrected chi connectivity index (χ0v) is 12.5. The first-order valence-electron chi connectivity index (χ1n) is 7.41. The molecule has 1 amide bonds. The van der Waals surface area contributed by atoms with Gasteiger partial charge in [0, 0.05) is 25.1 Å². The van der Waals surface area contributed by atoms with E-state index in [1.807, 2.05) is 0 Å². The number of aryl methyl sites for hydroxylation is 1. The number of hydrogen-bond donors (Lipinski definition) is 2. The van der Waals surface area contributed by atoms with Crippen molar-refractivity contribution in [1.29, 1.82) is 0 Å². The number of carbonyl (C=O) groups excluding carboxylic acids is 1. The summed E-state index contributed by atoms with van der Waals surface area (Å²) >= 11 is 0. The van der Waals surface area contributed by atoms with Crippen molar-refractivity contribution in [2.75, 3.05) is 0 Å². The number of nitrogens with zero attached hydrogens (tertiary/aromatic N) is 4. The van der Waals surface area contributed by atoms with Crippen LogP contribution in [0.5, 0.6) is 0 Å². The molecule has 1 saturated carbocycles. The Morgan fingerprint density at radius 1 is 1.42 bits per heavy atom. The van der Waals surface area contributed by atoms with Crippen molar-refractivity contribution in [3.05, 3.63) is 36.4 Å². The summed E-state index contributed by atoms with van der Waals surface area (Å²) in [5, 5.41) is 20.4. The fourth-order valence-corrected chi connectivity index (χ4v) is 2.67. The number of aliphatic hydroxyl groups excluding tert-OH is 1. The number of halogens is 3. The lowest BCUT2D eigenvalue weighted by atomic mass is 9.83. The molecule has 2 heterocycles. The third-order valence-electron chi connectivity index (χ3n) is 3.97. The summed E-state index contributed by atoms with van der Waals surface area (Å²) in [6.45, 7) is -0.338. The number of carbonyl (C=O) groups is 1. The van der Waals surface area contributed by atoms with E-state index in [0.29, 0.717) is 6.42 Å². The molecule has 2 aromatic heterocycles. The molecule has 0 radical (unpaired) electrons. The van der Waals surface area contributed by atoms with Gasteiger partial charge in [-0.05, 0) is 12.5 Å². The largest absolute Gasteiger partial charge is 0.391 e. The Bertz CT molecular complexity index is 698. The Morgan fingerprint density at radius 3 is 2.83 bits per heavy atom. The third kappa shape index (κ3) is 3.58. The van der Waals surface area contributed by atoms with Gasteiger partial charge in [0.2, 0.25) is 0 Å². The second-order valence-corrected chi connectivity index (χ2v) is 5.72. The molecule has 24 heavy (non-hydrogen) atoms. The molecule has 1 aliphatic carbocycles. The highest BCUT2D eigenvalue weighted by Gasteiger charge is 2.42. The molecule has 3 atom stereocenters. The standard InChI is InChI=1S/C14H16F3N5O2/c15-14(16,17)2-5-21-8-9(7-19-21)13(24)20-10-6-11(23)12(10)22-4-1-3-18-22/h1,3-4,7-8,10-12,23H,2,5-6H2,(H,20,24)/t10-,11+,12+/m0/s1. The van der Waals surface area contributed by atoms with Crippen LogP contribution in [0.3, 0.4) is 0 Å². The highest BCUT2D eigenvalue weighted by molar-refractivity contribution is 5.94. The lowest BCUT2D eigenvalue weighted by molar-refractivity contribution is -0.137. The van der Waals surface area contributed by atoms with Gasteiger partial charge in [-0.3, -0.25) is 14.2 Å². The smallest absolute Gasteiger partial charge is 0.390 e. The van der Waals surface area contributed by atoms with Gasteiger partial charge < -0.3 is 10.4 Å². The zero-order valence-electron chi connectivity index (χ0n) is 12.5. The monoisotopic (exact) mass is 343 g/mol. The fraction of sp³-hybridized carbons (Fsp3) is 0.500. The van der Waals surface area contributed by atoms with Gasteiger partial charge in [0.15, 0.2) is 0 Å². The van der Waals surface area contributed by atoms with Gasteiger partial charge in [-0.25, -0.2) is 0 Å². The van der Waals surface area contributed by atoms with Crippen molar-refractivity contribution in [2.24, 2.45) is 0 Å². The van der Waals surface area contributed by atoms with Crippen molar-refractivity contribution in [2.45, 2.75) is 43.8 Å². The molecule has 2 N–H and O–H groups in total. The van der Waals surface area contributed by atoms with Crippen molar-refractivity contribution in [3.63, 3.8) is 0 Å². The molecule has 1 fully saturated rings. The van der Waals surface area contributed by atoms with Gasteiger partial charge in [0.25, 0.3) is 5.91 Å². The van der Waals surface area contributed by atoms with Crippen LogP contribution in [0.4, 0.5) is 13.2 Å². The van der Waals surface area contributed by atoms with Crippen LogP contribution in [0.25, 0.3) is 0 Å². The molecule has 0 bridgehead atoms. The fourth-order valence-electron chi connectivity index (χ4n) is 2.67. The summed E-state index contributed by atoms with van der Waals surface area (Å²) < 4.78 is 39.2. The number of hydrogen-bond acceptors (Lipinski definition) is 4. The Kier molecular flexibility index (Phi) is 4.31. The number of amides is 1. The molecule has 2 aromatic rings. The van der Waals surface area contributed by atoms with E-state index in [2.05, 4.69) is 15.5 Å². The summed E-state index contributed by atoms with van der Waals surface area (Å²) in [7, 11) is 0. The van der Waals surface area contributed by atoms with Crippen LogP contribution in [0.2, 0.25) is 0 Å². The molecule has 3 rings (SSSR count). The van der Waals surface area contributed by atoms with Crippen molar-refractivity contribution in [3.8, 4) is 0 Å². The van der Waals surface area contributed by atoms with E-state index in [-0.39, 0.29) is 24.2 Å². The van der Waals surface area contributed by atoms with Gasteiger partial charge >= 0.3 is 6.18 Å². The molecule has 7 nitrogen and oxygen atoms in total. The number of rotatable bonds is 5. The predicted octanol–water partition coefficient (Wildman–Crippen LogP) is 1.14.